The molecule has 0 radical (unpaired) electrons. The highest BCUT2D eigenvalue weighted by Crippen LogP contribution is 2.20. The van der Waals surface area contributed by atoms with Crippen LogP contribution in [0.25, 0.3) is 0 Å². The number of hydrogen-bond acceptors (Lipinski definition) is 4. The molecule has 1 fully saturated rings. The van der Waals surface area contributed by atoms with Crippen molar-refractivity contribution < 1.29 is 9.21 Å². The Labute approximate surface area is 106 Å². The third kappa shape index (κ3) is 2.84. The Bertz CT molecular complexity index is 384. The molecule has 5 heteroatoms. The molecule has 1 aromatic heterocycles. The summed E-state index contributed by atoms with van der Waals surface area (Å²) >= 11 is 1.51. The molecule has 0 aliphatic carbocycles. The zero-order chi connectivity index (χ0) is 12.3. The fourth-order valence-electron chi connectivity index (χ4n) is 2.07. The van der Waals surface area contributed by atoms with Gasteiger partial charge in [0.05, 0.1) is 0 Å². The van der Waals surface area contributed by atoms with Crippen molar-refractivity contribution in [2.24, 2.45) is 0 Å². The van der Waals surface area contributed by atoms with Gasteiger partial charge in [0.1, 0.15) is 0 Å². The average Bonchev–Trinajstić information content (AvgIpc) is 2.87. The van der Waals surface area contributed by atoms with Gasteiger partial charge in [0.2, 0.25) is 0 Å². The second kappa shape index (κ2) is 5.60. The predicted octanol–water partition coefficient (Wildman–Crippen LogP) is 1.83. The highest BCUT2D eigenvalue weighted by atomic mass is 32.2. The third-order valence-electron chi connectivity index (χ3n) is 3.18. The van der Waals surface area contributed by atoms with Gasteiger partial charge in [-0.2, -0.15) is 0 Å². The molecule has 0 spiro atoms. The van der Waals surface area contributed by atoms with Gasteiger partial charge in [0, 0.05) is 19.1 Å². The minimum absolute atomic E-state index is 0.0138. The maximum atomic E-state index is 12.1. The summed E-state index contributed by atoms with van der Waals surface area (Å²) in [6, 6.07) is 4.15. The van der Waals surface area contributed by atoms with Crippen LogP contribution >= 0.6 is 11.8 Å². The summed E-state index contributed by atoms with van der Waals surface area (Å²) in [6.45, 7) is 1.61. The van der Waals surface area contributed by atoms with Crippen molar-refractivity contribution in [3.05, 3.63) is 17.9 Å². The van der Waals surface area contributed by atoms with Crippen molar-refractivity contribution in [2.75, 3.05) is 26.4 Å². The average molecular weight is 254 g/mol. The van der Waals surface area contributed by atoms with E-state index in [1.165, 1.54) is 11.8 Å². The van der Waals surface area contributed by atoms with Gasteiger partial charge in [-0.25, -0.2) is 0 Å². The Hall–Kier alpha value is -0.940. The van der Waals surface area contributed by atoms with Gasteiger partial charge in [-0.1, -0.05) is 11.8 Å². The van der Waals surface area contributed by atoms with Crippen molar-refractivity contribution in [1.82, 2.24) is 10.2 Å². The van der Waals surface area contributed by atoms with E-state index in [9.17, 15) is 4.79 Å². The number of amides is 1. The third-order valence-corrected chi connectivity index (χ3v) is 3.81. The van der Waals surface area contributed by atoms with E-state index in [0.717, 1.165) is 31.0 Å². The summed E-state index contributed by atoms with van der Waals surface area (Å²) < 4.78 is 5.46. The molecule has 0 atom stereocenters. The van der Waals surface area contributed by atoms with Crippen molar-refractivity contribution in [2.45, 2.75) is 24.0 Å². The van der Waals surface area contributed by atoms with Crippen LogP contribution in [0.1, 0.15) is 23.4 Å². The Morgan fingerprint density at radius 1 is 1.47 bits per heavy atom. The molecule has 2 rings (SSSR count). The van der Waals surface area contributed by atoms with Crippen molar-refractivity contribution in [3.8, 4) is 0 Å². The normalized spacial score (nSPS) is 17.4. The summed E-state index contributed by atoms with van der Waals surface area (Å²) in [5.41, 5.74) is 0. The van der Waals surface area contributed by atoms with Crippen LogP contribution in [0.2, 0.25) is 0 Å². The zero-order valence-electron chi connectivity index (χ0n) is 10.2. The first-order valence-electron chi connectivity index (χ1n) is 5.85. The van der Waals surface area contributed by atoms with Crippen LogP contribution in [-0.4, -0.2) is 43.2 Å². The number of rotatable bonds is 3. The number of thioether (sulfide) groups is 1. The molecule has 1 aliphatic heterocycles. The lowest BCUT2D eigenvalue weighted by atomic mass is 10.1. The van der Waals surface area contributed by atoms with Crippen LogP contribution in [0.4, 0.5) is 0 Å². The van der Waals surface area contributed by atoms with Gasteiger partial charge in [0.15, 0.2) is 10.9 Å². The number of likely N-dealkylation sites (tertiary alicyclic amines) is 1. The Morgan fingerprint density at radius 2 is 2.18 bits per heavy atom. The lowest BCUT2D eigenvalue weighted by molar-refractivity contribution is 0.0670. The fraction of sp³-hybridized carbons (Fsp3) is 0.583. The van der Waals surface area contributed by atoms with Crippen molar-refractivity contribution in [1.29, 1.82) is 0 Å². The van der Waals surface area contributed by atoms with Gasteiger partial charge in [0.25, 0.3) is 5.91 Å². The smallest absolute Gasteiger partial charge is 0.289 e. The standard InChI is InChI=1S/C12H18N2O2S/c1-13-9-5-7-14(8-6-9)12(15)10-3-4-11(16-10)17-2/h3-4,9,13H,5-8H2,1-2H3. The molecule has 0 saturated carbocycles. The minimum Gasteiger partial charge on any atom is -0.445 e. The summed E-state index contributed by atoms with van der Waals surface area (Å²) in [5, 5.41) is 4.04. The highest BCUT2D eigenvalue weighted by Gasteiger charge is 2.24. The highest BCUT2D eigenvalue weighted by molar-refractivity contribution is 7.98. The second-order valence-corrected chi connectivity index (χ2v) is 4.99. The first-order chi connectivity index (χ1) is 8.24. The van der Waals surface area contributed by atoms with Crippen LogP contribution < -0.4 is 5.32 Å². The van der Waals surface area contributed by atoms with E-state index in [1.807, 2.05) is 24.3 Å². The second-order valence-electron chi connectivity index (χ2n) is 4.18. The Morgan fingerprint density at radius 3 is 2.71 bits per heavy atom. The van der Waals surface area contributed by atoms with Crippen molar-refractivity contribution >= 4 is 17.7 Å². The molecule has 0 unspecified atom stereocenters. The number of piperidine rings is 1. The molecule has 1 aromatic rings. The van der Waals surface area contributed by atoms with E-state index in [4.69, 9.17) is 4.42 Å². The number of furan rings is 1. The maximum absolute atomic E-state index is 12.1. The van der Waals surface area contributed by atoms with Crippen LogP contribution in [-0.2, 0) is 0 Å². The maximum Gasteiger partial charge on any atom is 0.289 e. The van der Waals surface area contributed by atoms with E-state index < -0.39 is 0 Å². The van der Waals surface area contributed by atoms with Crippen molar-refractivity contribution in [3.63, 3.8) is 0 Å². The monoisotopic (exact) mass is 254 g/mol. The summed E-state index contributed by atoms with van der Waals surface area (Å²) in [5.74, 6) is 0.470. The number of nitrogens with zero attached hydrogens (tertiary/aromatic N) is 1. The van der Waals surface area contributed by atoms with Gasteiger partial charge >= 0.3 is 0 Å². The quantitative estimate of drug-likeness (QED) is 0.836. The number of carbonyl (C=O) groups excluding carboxylic acids is 1. The van der Waals surface area contributed by atoms with E-state index in [0.29, 0.717) is 11.8 Å². The summed E-state index contributed by atoms with van der Waals surface area (Å²) in [7, 11) is 1.97. The molecule has 1 saturated heterocycles. The van der Waals surface area contributed by atoms with Crippen LogP contribution in [0.15, 0.2) is 21.6 Å². The van der Waals surface area contributed by atoms with Gasteiger partial charge in [-0.15, -0.1) is 0 Å². The molecule has 1 amide bonds. The molecule has 94 valence electrons. The fourth-order valence-corrected chi connectivity index (χ4v) is 2.45. The number of carbonyl (C=O) groups is 1. The van der Waals surface area contributed by atoms with Crippen LogP contribution in [0.5, 0.6) is 0 Å². The Balaban J connectivity index is 1.96. The number of nitrogens with one attached hydrogen (secondary N) is 1. The molecule has 1 N–H and O–H groups in total. The minimum atomic E-state index is 0.0138. The molecular weight excluding hydrogens is 236 g/mol. The Kier molecular flexibility index (Phi) is 4.12. The van der Waals surface area contributed by atoms with Crippen LogP contribution in [0.3, 0.4) is 0 Å². The van der Waals surface area contributed by atoms with E-state index in [1.54, 1.807) is 6.07 Å². The predicted molar refractivity (Wildman–Crippen MR) is 68.5 cm³/mol. The lowest BCUT2D eigenvalue weighted by Crippen LogP contribution is -2.43. The van der Waals surface area contributed by atoms with E-state index >= 15 is 0 Å². The van der Waals surface area contributed by atoms with Gasteiger partial charge < -0.3 is 14.6 Å². The summed E-state index contributed by atoms with van der Waals surface area (Å²) in [6.07, 6.45) is 3.96. The number of hydrogen-bond donors (Lipinski definition) is 1. The lowest BCUT2D eigenvalue weighted by Gasteiger charge is -2.31. The molecule has 4 nitrogen and oxygen atoms in total. The molecule has 0 bridgehead atoms. The van der Waals surface area contributed by atoms with Gasteiger partial charge in [-0.3, -0.25) is 4.79 Å². The van der Waals surface area contributed by atoms with Crippen LogP contribution in [0, 0.1) is 0 Å². The molecule has 0 aromatic carbocycles. The SMILES string of the molecule is CNC1CCN(C(=O)c2ccc(SC)o2)CC1. The topological polar surface area (TPSA) is 45.5 Å². The first-order valence-corrected chi connectivity index (χ1v) is 7.07. The van der Waals surface area contributed by atoms with E-state index in [2.05, 4.69) is 5.32 Å². The zero-order valence-corrected chi connectivity index (χ0v) is 11.0. The molecular formula is C12H18N2O2S. The van der Waals surface area contributed by atoms with E-state index in [-0.39, 0.29) is 5.91 Å². The largest absolute Gasteiger partial charge is 0.445 e. The summed E-state index contributed by atoms with van der Waals surface area (Å²) in [4.78, 5) is 14.0. The molecule has 1 aliphatic rings. The molecule has 17 heavy (non-hydrogen) atoms. The first kappa shape index (κ1) is 12.5. The van der Waals surface area contributed by atoms with Gasteiger partial charge in [-0.05, 0) is 38.3 Å². The molecule has 2 heterocycles.